The quantitative estimate of drug-likeness (QED) is 0.926. The van der Waals surface area contributed by atoms with Gasteiger partial charge in [0.25, 0.3) is 0 Å². The molecular weight excluding hydrogens is 251 g/mol. The summed E-state index contributed by atoms with van der Waals surface area (Å²) in [5, 5.41) is 3.41. The second kappa shape index (κ2) is 6.14. The van der Waals surface area contributed by atoms with E-state index in [-0.39, 0.29) is 5.82 Å². The van der Waals surface area contributed by atoms with E-state index < -0.39 is 0 Å². The number of nitrogens with zero attached hydrogens (tertiary/aromatic N) is 1. The maximum atomic E-state index is 13.7. The minimum Gasteiger partial charge on any atom is -0.316 e. The Labute approximate surface area is 119 Å². The second-order valence-corrected chi connectivity index (χ2v) is 5.37. The van der Waals surface area contributed by atoms with Gasteiger partial charge in [0.1, 0.15) is 5.82 Å². The van der Waals surface area contributed by atoms with Crippen LogP contribution in [0, 0.1) is 5.82 Å². The molecule has 20 heavy (non-hydrogen) atoms. The largest absolute Gasteiger partial charge is 0.316 e. The first kappa shape index (κ1) is 13.3. The van der Waals surface area contributed by atoms with E-state index in [2.05, 4.69) is 11.4 Å². The summed E-state index contributed by atoms with van der Waals surface area (Å²) in [4.78, 5) is 4.73. The van der Waals surface area contributed by atoms with Crippen LogP contribution in [0.15, 0.2) is 42.5 Å². The summed E-state index contributed by atoms with van der Waals surface area (Å²) < 4.78 is 13.7. The number of aromatic nitrogens is 1. The van der Waals surface area contributed by atoms with Crippen LogP contribution in [0.3, 0.4) is 0 Å². The first-order valence-electron chi connectivity index (χ1n) is 7.23. The molecule has 2 nitrogen and oxygen atoms in total. The van der Waals surface area contributed by atoms with E-state index in [1.807, 2.05) is 24.3 Å². The number of piperidine rings is 1. The van der Waals surface area contributed by atoms with Crippen molar-refractivity contribution in [3.63, 3.8) is 0 Å². The highest BCUT2D eigenvalue weighted by molar-refractivity contribution is 5.25. The molecule has 104 valence electrons. The molecule has 1 aromatic carbocycles. The molecule has 1 fully saturated rings. The van der Waals surface area contributed by atoms with Gasteiger partial charge in [-0.15, -0.1) is 0 Å². The number of nitrogens with one attached hydrogen (secondary N) is 1. The minimum absolute atomic E-state index is 0.154. The molecule has 1 saturated heterocycles. The summed E-state index contributed by atoms with van der Waals surface area (Å²) in [6.07, 6.45) is 2.94. The lowest BCUT2D eigenvalue weighted by atomic mass is 9.95. The van der Waals surface area contributed by atoms with Crippen LogP contribution >= 0.6 is 0 Å². The molecule has 1 N–H and O–H groups in total. The van der Waals surface area contributed by atoms with Crippen LogP contribution in [0.5, 0.6) is 0 Å². The normalized spacial score (nSPS) is 18.9. The second-order valence-electron chi connectivity index (χ2n) is 5.37. The Morgan fingerprint density at radius 3 is 2.85 bits per heavy atom. The Balaban J connectivity index is 1.79. The zero-order chi connectivity index (χ0) is 13.8. The Hall–Kier alpha value is -1.74. The summed E-state index contributed by atoms with van der Waals surface area (Å²) in [6, 6.07) is 13.0. The van der Waals surface area contributed by atoms with Crippen molar-refractivity contribution in [1.29, 1.82) is 0 Å². The summed E-state index contributed by atoms with van der Waals surface area (Å²) in [5.41, 5.74) is 2.78. The summed E-state index contributed by atoms with van der Waals surface area (Å²) in [7, 11) is 0. The van der Waals surface area contributed by atoms with Gasteiger partial charge >= 0.3 is 0 Å². The van der Waals surface area contributed by atoms with Crippen molar-refractivity contribution >= 4 is 0 Å². The predicted octanol–water partition coefficient (Wildman–Crippen LogP) is 3.28. The van der Waals surface area contributed by atoms with Crippen molar-refractivity contribution in [2.45, 2.75) is 25.2 Å². The molecule has 1 aliphatic rings. The molecule has 0 unspecified atom stereocenters. The van der Waals surface area contributed by atoms with Gasteiger partial charge in [-0.2, -0.15) is 0 Å². The van der Waals surface area contributed by atoms with E-state index in [0.29, 0.717) is 17.9 Å². The Bertz CT molecular complexity index is 577. The lowest BCUT2D eigenvalue weighted by Crippen LogP contribution is -2.28. The van der Waals surface area contributed by atoms with E-state index in [9.17, 15) is 4.39 Å². The van der Waals surface area contributed by atoms with Gasteiger partial charge < -0.3 is 5.32 Å². The van der Waals surface area contributed by atoms with E-state index in [1.54, 1.807) is 6.07 Å². The third-order valence-electron chi connectivity index (χ3n) is 3.87. The van der Waals surface area contributed by atoms with Gasteiger partial charge in [0, 0.05) is 30.3 Å². The monoisotopic (exact) mass is 270 g/mol. The lowest BCUT2D eigenvalue weighted by molar-refractivity contribution is 0.454. The molecule has 0 radical (unpaired) electrons. The van der Waals surface area contributed by atoms with Crippen LogP contribution in [0.1, 0.15) is 35.7 Å². The molecule has 0 spiro atoms. The average molecular weight is 270 g/mol. The van der Waals surface area contributed by atoms with Gasteiger partial charge in [0.05, 0.1) is 0 Å². The summed E-state index contributed by atoms with van der Waals surface area (Å²) in [6.45, 7) is 2.10. The van der Waals surface area contributed by atoms with Crippen molar-refractivity contribution in [3.8, 4) is 0 Å². The molecule has 0 saturated carbocycles. The van der Waals surface area contributed by atoms with Gasteiger partial charge in [-0.05, 0) is 43.1 Å². The van der Waals surface area contributed by atoms with Crippen molar-refractivity contribution in [2.24, 2.45) is 0 Å². The van der Waals surface area contributed by atoms with Crippen LogP contribution in [-0.4, -0.2) is 18.1 Å². The Kier molecular flexibility index (Phi) is 4.07. The number of halogens is 1. The van der Waals surface area contributed by atoms with E-state index in [1.165, 1.54) is 18.9 Å². The highest BCUT2D eigenvalue weighted by Crippen LogP contribution is 2.22. The van der Waals surface area contributed by atoms with E-state index in [0.717, 1.165) is 24.5 Å². The molecule has 1 atom stereocenters. The highest BCUT2D eigenvalue weighted by atomic mass is 19.1. The molecule has 2 heterocycles. The molecular formula is C17H19FN2. The third-order valence-corrected chi connectivity index (χ3v) is 3.87. The summed E-state index contributed by atoms with van der Waals surface area (Å²) >= 11 is 0. The van der Waals surface area contributed by atoms with Gasteiger partial charge in [0.15, 0.2) is 0 Å². The maximum Gasteiger partial charge on any atom is 0.126 e. The molecule has 3 rings (SSSR count). The third kappa shape index (κ3) is 3.05. The zero-order valence-corrected chi connectivity index (χ0v) is 11.5. The fraction of sp³-hybridized carbons (Fsp3) is 0.353. The summed E-state index contributed by atoms with van der Waals surface area (Å²) in [5.74, 6) is 0.336. The smallest absolute Gasteiger partial charge is 0.126 e. The highest BCUT2D eigenvalue weighted by Gasteiger charge is 2.16. The van der Waals surface area contributed by atoms with E-state index in [4.69, 9.17) is 4.98 Å². The molecule has 3 heteroatoms. The first-order chi connectivity index (χ1) is 9.83. The van der Waals surface area contributed by atoms with Crippen LogP contribution in [-0.2, 0) is 6.42 Å². The van der Waals surface area contributed by atoms with Gasteiger partial charge in [0.2, 0.25) is 0 Å². The molecule has 2 aromatic rings. The van der Waals surface area contributed by atoms with Gasteiger partial charge in [-0.25, -0.2) is 4.39 Å². The standard InChI is InChI=1S/C17H19FN2/c18-16-8-2-1-5-13(16)11-15-7-3-9-17(20-15)14-6-4-10-19-12-14/h1-3,5,7-9,14,19H,4,6,10-12H2/t14-/m0/s1. The number of rotatable bonds is 3. The van der Waals surface area contributed by atoms with Crippen LogP contribution < -0.4 is 5.32 Å². The maximum absolute atomic E-state index is 13.7. The molecule has 1 aliphatic heterocycles. The first-order valence-corrected chi connectivity index (χ1v) is 7.23. The fourth-order valence-electron chi connectivity index (χ4n) is 2.77. The Morgan fingerprint density at radius 1 is 1.15 bits per heavy atom. The number of hydrogen-bond acceptors (Lipinski definition) is 2. The van der Waals surface area contributed by atoms with E-state index >= 15 is 0 Å². The SMILES string of the molecule is Fc1ccccc1Cc1cccc([C@H]2CCCNC2)n1. The van der Waals surface area contributed by atoms with Crippen LogP contribution in [0.2, 0.25) is 0 Å². The van der Waals surface area contributed by atoms with Gasteiger partial charge in [-0.1, -0.05) is 24.3 Å². The lowest BCUT2D eigenvalue weighted by Gasteiger charge is -2.22. The predicted molar refractivity (Wildman–Crippen MR) is 78.3 cm³/mol. The molecule has 0 amide bonds. The molecule has 0 aliphatic carbocycles. The van der Waals surface area contributed by atoms with Crippen LogP contribution in [0.25, 0.3) is 0 Å². The average Bonchev–Trinajstić information content (AvgIpc) is 2.51. The van der Waals surface area contributed by atoms with Crippen molar-refractivity contribution < 1.29 is 4.39 Å². The fourth-order valence-corrected chi connectivity index (χ4v) is 2.77. The van der Waals surface area contributed by atoms with Crippen molar-refractivity contribution in [2.75, 3.05) is 13.1 Å². The van der Waals surface area contributed by atoms with Crippen molar-refractivity contribution in [1.82, 2.24) is 10.3 Å². The number of pyridine rings is 1. The molecule has 1 aromatic heterocycles. The number of hydrogen-bond donors (Lipinski definition) is 1. The van der Waals surface area contributed by atoms with Gasteiger partial charge in [-0.3, -0.25) is 4.98 Å². The minimum atomic E-state index is -0.154. The van der Waals surface area contributed by atoms with Crippen molar-refractivity contribution in [3.05, 3.63) is 65.2 Å². The number of benzene rings is 1. The Morgan fingerprint density at radius 2 is 2.05 bits per heavy atom. The topological polar surface area (TPSA) is 24.9 Å². The molecule has 0 bridgehead atoms. The van der Waals surface area contributed by atoms with Crippen LogP contribution in [0.4, 0.5) is 4.39 Å². The zero-order valence-electron chi connectivity index (χ0n) is 11.5.